The van der Waals surface area contributed by atoms with Crippen molar-refractivity contribution in [2.24, 2.45) is 5.84 Å². The minimum atomic E-state index is -1.49. The molecule has 1 atom stereocenters. The molecule has 1 aromatic rings. The lowest BCUT2D eigenvalue weighted by Gasteiger charge is -2.17. The van der Waals surface area contributed by atoms with E-state index in [4.69, 9.17) is 10.6 Å². The number of hydrogen-bond acceptors (Lipinski definition) is 3. The molecule has 0 saturated carbocycles. The molecule has 1 aromatic carbocycles. The van der Waals surface area contributed by atoms with Crippen LogP contribution in [0, 0.1) is 17.5 Å². The van der Waals surface area contributed by atoms with Crippen LogP contribution in [0.3, 0.4) is 0 Å². The Labute approximate surface area is 96.0 Å². The van der Waals surface area contributed by atoms with Crippen LogP contribution in [-0.2, 0) is 4.74 Å². The van der Waals surface area contributed by atoms with Gasteiger partial charge in [0.15, 0.2) is 17.5 Å². The normalized spacial score (nSPS) is 16.6. The first-order valence-electron chi connectivity index (χ1n) is 5.07. The van der Waals surface area contributed by atoms with Crippen molar-refractivity contribution in [3.8, 4) is 0 Å². The smallest absolute Gasteiger partial charge is 0.194 e. The molecule has 1 aliphatic heterocycles. The van der Waals surface area contributed by atoms with Crippen molar-refractivity contribution < 1.29 is 17.9 Å². The van der Waals surface area contributed by atoms with Gasteiger partial charge in [-0.05, 0) is 23.8 Å². The summed E-state index contributed by atoms with van der Waals surface area (Å²) in [5.41, 5.74) is 2.56. The summed E-state index contributed by atoms with van der Waals surface area (Å²) in [7, 11) is 0. The third-order valence-corrected chi connectivity index (χ3v) is 2.52. The van der Waals surface area contributed by atoms with Crippen LogP contribution >= 0.6 is 0 Å². The minimum absolute atomic E-state index is 0.178. The first kappa shape index (κ1) is 11.9. The Kier molecular flexibility index (Phi) is 3.35. The molecule has 1 aliphatic rings. The Morgan fingerprint density at radius 1 is 1.24 bits per heavy atom. The highest BCUT2D eigenvalue weighted by molar-refractivity contribution is 5.28. The lowest BCUT2D eigenvalue weighted by molar-refractivity contribution is 0.215. The van der Waals surface area contributed by atoms with E-state index in [2.05, 4.69) is 5.43 Å². The van der Waals surface area contributed by atoms with E-state index in [0.29, 0.717) is 18.8 Å². The molecule has 2 rings (SSSR count). The summed E-state index contributed by atoms with van der Waals surface area (Å²) >= 11 is 0. The van der Waals surface area contributed by atoms with Crippen molar-refractivity contribution in [3.63, 3.8) is 0 Å². The standard InChI is InChI=1S/C11H11F3N2O/c12-7-4-6(5-8(13)10(7)14)11(16-15)9-2-1-3-17-9/h2,4-5,11,16H,1,3,15H2. The molecule has 6 heteroatoms. The number of benzene rings is 1. The third-order valence-electron chi connectivity index (χ3n) is 2.52. The maximum Gasteiger partial charge on any atom is 0.194 e. The Morgan fingerprint density at radius 2 is 1.88 bits per heavy atom. The number of rotatable bonds is 3. The molecular weight excluding hydrogens is 233 g/mol. The predicted molar refractivity (Wildman–Crippen MR) is 55.0 cm³/mol. The van der Waals surface area contributed by atoms with E-state index in [-0.39, 0.29) is 5.56 Å². The molecular formula is C11H11F3N2O. The summed E-state index contributed by atoms with van der Waals surface area (Å²) < 4.78 is 44.2. The number of hydrazine groups is 1. The fourth-order valence-corrected chi connectivity index (χ4v) is 1.72. The summed E-state index contributed by atoms with van der Waals surface area (Å²) in [6, 6.07) is 1.11. The van der Waals surface area contributed by atoms with Crippen LogP contribution in [0.1, 0.15) is 18.0 Å². The Balaban J connectivity index is 2.37. The zero-order valence-electron chi connectivity index (χ0n) is 8.84. The van der Waals surface area contributed by atoms with Gasteiger partial charge in [-0.1, -0.05) is 0 Å². The van der Waals surface area contributed by atoms with E-state index in [1.807, 2.05) is 0 Å². The van der Waals surface area contributed by atoms with E-state index >= 15 is 0 Å². The SMILES string of the molecule is NNC(C1=CCCO1)c1cc(F)c(F)c(F)c1. The second-order valence-electron chi connectivity index (χ2n) is 3.64. The van der Waals surface area contributed by atoms with Crippen LogP contribution in [0.4, 0.5) is 13.2 Å². The third kappa shape index (κ3) is 2.27. The highest BCUT2D eigenvalue weighted by Crippen LogP contribution is 2.27. The molecule has 0 radical (unpaired) electrons. The van der Waals surface area contributed by atoms with E-state index in [0.717, 1.165) is 12.1 Å². The van der Waals surface area contributed by atoms with Gasteiger partial charge < -0.3 is 4.74 Å². The van der Waals surface area contributed by atoms with Gasteiger partial charge in [-0.25, -0.2) is 18.6 Å². The van der Waals surface area contributed by atoms with Crippen molar-refractivity contribution in [3.05, 3.63) is 47.0 Å². The molecule has 0 aliphatic carbocycles. The van der Waals surface area contributed by atoms with E-state index in [1.165, 1.54) is 0 Å². The monoisotopic (exact) mass is 244 g/mol. The van der Waals surface area contributed by atoms with Crippen LogP contribution < -0.4 is 11.3 Å². The van der Waals surface area contributed by atoms with Gasteiger partial charge in [-0.2, -0.15) is 0 Å². The van der Waals surface area contributed by atoms with Crippen LogP contribution in [0.5, 0.6) is 0 Å². The van der Waals surface area contributed by atoms with Crippen molar-refractivity contribution in [2.45, 2.75) is 12.5 Å². The van der Waals surface area contributed by atoms with E-state index in [1.54, 1.807) is 6.08 Å². The van der Waals surface area contributed by atoms with Gasteiger partial charge in [0.1, 0.15) is 11.8 Å². The maximum absolute atomic E-state index is 13.1. The fourth-order valence-electron chi connectivity index (χ4n) is 1.72. The molecule has 0 spiro atoms. The molecule has 0 saturated heterocycles. The van der Waals surface area contributed by atoms with Crippen molar-refractivity contribution >= 4 is 0 Å². The van der Waals surface area contributed by atoms with Gasteiger partial charge in [0.2, 0.25) is 0 Å². The topological polar surface area (TPSA) is 47.3 Å². The molecule has 0 amide bonds. The Bertz CT molecular complexity index is 439. The molecule has 1 heterocycles. The quantitative estimate of drug-likeness (QED) is 0.485. The molecule has 0 fully saturated rings. The van der Waals surface area contributed by atoms with Gasteiger partial charge in [0.25, 0.3) is 0 Å². The average Bonchev–Trinajstić information content (AvgIpc) is 2.80. The number of ether oxygens (including phenoxy) is 1. The summed E-state index contributed by atoms with van der Waals surface area (Å²) in [4.78, 5) is 0. The van der Waals surface area contributed by atoms with Crippen molar-refractivity contribution in [2.75, 3.05) is 6.61 Å². The summed E-state index contributed by atoms with van der Waals surface area (Å²) in [5, 5.41) is 0. The number of halogens is 3. The number of nitrogens with two attached hydrogens (primary N) is 1. The van der Waals surface area contributed by atoms with Crippen LogP contribution in [-0.4, -0.2) is 6.61 Å². The highest BCUT2D eigenvalue weighted by Gasteiger charge is 2.22. The number of hydrogen-bond donors (Lipinski definition) is 2. The molecule has 92 valence electrons. The minimum Gasteiger partial charge on any atom is -0.496 e. The van der Waals surface area contributed by atoms with Gasteiger partial charge >= 0.3 is 0 Å². The molecule has 17 heavy (non-hydrogen) atoms. The van der Waals surface area contributed by atoms with Gasteiger partial charge in [-0.15, -0.1) is 0 Å². The van der Waals surface area contributed by atoms with Gasteiger partial charge in [0.05, 0.1) is 6.61 Å². The Hall–Kier alpha value is -1.53. The molecule has 0 bridgehead atoms. The highest BCUT2D eigenvalue weighted by atomic mass is 19.2. The average molecular weight is 244 g/mol. The van der Waals surface area contributed by atoms with Gasteiger partial charge in [-0.3, -0.25) is 5.84 Å². The largest absolute Gasteiger partial charge is 0.496 e. The summed E-state index contributed by atoms with van der Waals surface area (Å²) in [5.74, 6) is 1.80. The second kappa shape index (κ2) is 4.77. The van der Waals surface area contributed by atoms with Gasteiger partial charge in [0, 0.05) is 6.42 Å². The van der Waals surface area contributed by atoms with Crippen LogP contribution in [0.2, 0.25) is 0 Å². The zero-order valence-corrected chi connectivity index (χ0v) is 8.84. The zero-order chi connectivity index (χ0) is 12.4. The van der Waals surface area contributed by atoms with Crippen molar-refractivity contribution in [1.82, 2.24) is 5.43 Å². The fraction of sp³-hybridized carbons (Fsp3) is 0.273. The van der Waals surface area contributed by atoms with E-state index in [9.17, 15) is 13.2 Å². The lowest BCUT2D eigenvalue weighted by atomic mass is 10.0. The van der Waals surface area contributed by atoms with E-state index < -0.39 is 23.5 Å². The predicted octanol–water partition coefficient (Wildman–Crippen LogP) is 1.91. The summed E-state index contributed by atoms with van der Waals surface area (Å²) in [6.07, 6.45) is 2.48. The molecule has 3 nitrogen and oxygen atoms in total. The first-order valence-corrected chi connectivity index (χ1v) is 5.07. The maximum atomic E-state index is 13.1. The number of nitrogens with one attached hydrogen (secondary N) is 1. The van der Waals surface area contributed by atoms with Crippen molar-refractivity contribution in [1.29, 1.82) is 0 Å². The molecule has 1 unspecified atom stereocenters. The Morgan fingerprint density at radius 3 is 2.35 bits per heavy atom. The summed E-state index contributed by atoms with van der Waals surface area (Å²) in [6.45, 7) is 0.500. The molecule has 3 N–H and O–H groups in total. The lowest BCUT2D eigenvalue weighted by Crippen LogP contribution is -2.30. The van der Waals surface area contributed by atoms with Crippen LogP contribution in [0.25, 0.3) is 0 Å². The van der Waals surface area contributed by atoms with Crippen LogP contribution in [0.15, 0.2) is 24.0 Å². The second-order valence-corrected chi connectivity index (χ2v) is 3.64. The first-order chi connectivity index (χ1) is 8.13. The molecule has 0 aromatic heterocycles.